The second-order valence-corrected chi connectivity index (χ2v) is 5.91. The molecule has 0 radical (unpaired) electrons. The molecule has 2 rings (SSSR count). The maximum Gasteiger partial charge on any atom is 0.259 e. The maximum atomic E-state index is 12.4. The largest absolute Gasteiger partial charge is 0.503 e. The average molecular weight is 361 g/mol. The van der Waals surface area contributed by atoms with Crippen molar-refractivity contribution in [3.8, 4) is 11.6 Å². The van der Waals surface area contributed by atoms with Crippen molar-refractivity contribution in [2.45, 2.75) is 13.1 Å². The van der Waals surface area contributed by atoms with Gasteiger partial charge in [-0.05, 0) is 23.8 Å². The number of hydrogen-bond donors (Lipinski definition) is 2. The minimum atomic E-state index is -0.730. The summed E-state index contributed by atoms with van der Waals surface area (Å²) in [7, 11) is 1.53. The molecule has 1 aromatic heterocycles. The summed E-state index contributed by atoms with van der Waals surface area (Å²) in [5, 5.41) is 20.4. The minimum absolute atomic E-state index is 0.105. The molecule has 0 aliphatic rings. The number of halogens is 3. The molecule has 0 spiro atoms. The van der Waals surface area contributed by atoms with Gasteiger partial charge in [0, 0.05) is 29.8 Å². The van der Waals surface area contributed by atoms with Crippen LogP contribution >= 0.6 is 23.2 Å². The molecule has 0 saturated carbocycles. The van der Waals surface area contributed by atoms with E-state index in [0.29, 0.717) is 15.6 Å². The van der Waals surface area contributed by atoms with Crippen molar-refractivity contribution in [1.82, 2.24) is 9.47 Å². The van der Waals surface area contributed by atoms with Gasteiger partial charge in [-0.1, -0.05) is 23.2 Å². The van der Waals surface area contributed by atoms with E-state index < -0.39 is 24.2 Å². The van der Waals surface area contributed by atoms with E-state index in [4.69, 9.17) is 23.2 Å². The second-order valence-electron chi connectivity index (χ2n) is 5.04. The first-order valence-electron chi connectivity index (χ1n) is 6.71. The summed E-state index contributed by atoms with van der Waals surface area (Å²) in [6, 6.07) is 4.92. The van der Waals surface area contributed by atoms with Crippen LogP contribution in [0.3, 0.4) is 0 Å². The first-order valence-corrected chi connectivity index (χ1v) is 7.46. The predicted octanol–water partition coefficient (Wildman–Crippen LogP) is 3.45. The molecule has 0 saturated heterocycles. The molecule has 0 unspecified atom stereocenters. The topological polar surface area (TPSA) is 65.7 Å². The second kappa shape index (κ2) is 7.10. The molecule has 2 N–H and O–H groups in total. The third-order valence-electron chi connectivity index (χ3n) is 3.27. The third-order valence-corrected chi connectivity index (χ3v) is 3.70. The number of carbonyl (C=O) groups excluding carboxylic acids is 1. The van der Waals surface area contributed by atoms with Crippen LogP contribution in [-0.4, -0.2) is 39.3 Å². The fourth-order valence-corrected chi connectivity index (χ4v) is 2.78. The standard InChI is InChI=1S/C15H15Cl2FN2O3/c1-19(7-9-4-10(16)6-11(17)5-9)14(22)12-8-20(3-2-18)15(23)13(12)21/h4-6,8,21,23H,2-3,7H2,1H3. The summed E-state index contributed by atoms with van der Waals surface area (Å²) in [6.07, 6.45) is 1.22. The summed E-state index contributed by atoms with van der Waals surface area (Å²) in [5.74, 6) is -1.63. The summed E-state index contributed by atoms with van der Waals surface area (Å²) < 4.78 is 13.5. The van der Waals surface area contributed by atoms with E-state index in [9.17, 15) is 19.4 Å². The van der Waals surface area contributed by atoms with Gasteiger partial charge in [-0.2, -0.15) is 0 Å². The molecule has 124 valence electrons. The van der Waals surface area contributed by atoms with Crippen molar-refractivity contribution in [2.24, 2.45) is 0 Å². The van der Waals surface area contributed by atoms with Crippen LogP contribution < -0.4 is 0 Å². The zero-order chi connectivity index (χ0) is 17.1. The van der Waals surface area contributed by atoms with Crippen molar-refractivity contribution in [3.05, 3.63) is 45.6 Å². The Morgan fingerprint density at radius 1 is 1.26 bits per heavy atom. The molecule has 23 heavy (non-hydrogen) atoms. The Morgan fingerprint density at radius 3 is 2.43 bits per heavy atom. The highest BCUT2D eigenvalue weighted by Crippen LogP contribution is 2.32. The average Bonchev–Trinajstić information content (AvgIpc) is 2.74. The van der Waals surface area contributed by atoms with Gasteiger partial charge in [0.25, 0.3) is 5.91 Å². The number of carbonyl (C=O) groups is 1. The predicted molar refractivity (Wildman–Crippen MR) is 86.0 cm³/mol. The van der Waals surface area contributed by atoms with Crippen LogP contribution in [0.5, 0.6) is 11.6 Å². The van der Waals surface area contributed by atoms with Gasteiger partial charge >= 0.3 is 0 Å². The van der Waals surface area contributed by atoms with Gasteiger partial charge in [0.1, 0.15) is 12.2 Å². The van der Waals surface area contributed by atoms with E-state index >= 15 is 0 Å². The molecule has 1 aromatic carbocycles. The van der Waals surface area contributed by atoms with Crippen LogP contribution in [0.25, 0.3) is 0 Å². The van der Waals surface area contributed by atoms with Crippen LogP contribution in [0.2, 0.25) is 10.0 Å². The zero-order valence-corrected chi connectivity index (χ0v) is 13.8. The Bertz CT molecular complexity index is 714. The van der Waals surface area contributed by atoms with Gasteiger partial charge in [-0.3, -0.25) is 4.79 Å². The van der Waals surface area contributed by atoms with E-state index in [1.54, 1.807) is 18.2 Å². The van der Waals surface area contributed by atoms with Crippen LogP contribution in [0.15, 0.2) is 24.4 Å². The van der Waals surface area contributed by atoms with Gasteiger partial charge in [-0.15, -0.1) is 0 Å². The Hall–Kier alpha value is -1.92. The van der Waals surface area contributed by atoms with E-state index in [-0.39, 0.29) is 18.7 Å². The molecule has 0 aliphatic heterocycles. The molecule has 1 amide bonds. The smallest absolute Gasteiger partial charge is 0.259 e. The lowest BCUT2D eigenvalue weighted by molar-refractivity contribution is 0.0782. The molecular weight excluding hydrogens is 346 g/mol. The highest BCUT2D eigenvalue weighted by atomic mass is 35.5. The summed E-state index contributed by atoms with van der Waals surface area (Å²) in [4.78, 5) is 13.7. The number of aromatic hydroxyl groups is 2. The molecule has 0 atom stereocenters. The quantitative estimate of drug-likeness (QED) is 0.857. The van der Waals surface area contributed by atoms with Gasteiger partial charge in [0.15, 0.2) is 5.75 Å². The number of rotatable bonds is 5. The Labute approximate surface area is 142 Å². The number of amides is 1. The fourth-order valence-electron chi connectivity index (χ4n) is 2.21. The van der Waals surface area contributed by atoms with Crippen molar-refractivity contribution in [2.75, 3.05) is 13.7 Å². The monoisotopic (exact) mass is 360 g/mol. The first-order chi connectivity index (χ1) is 10.8. The molecule has 8 heteroatoms. The Morgan fingerprint density at radius 2 is 1.87 bits per heavy atom. The lowest BCUT2D eigenvalue weighted by Crippen LogP contribution is -2.26. The van der Waals surface area contributed by atoms with Crippen LogP contribution in [0, 0.1) is 0 Å². The lowest BCUT2D eigenvalue weighted by atomic mass is 10.2. The van der Waals surface area contributed by atoms with Crippen molar-refractivity contribution in [1.29, 1.82) is 0 Å². The molecule has 1 heterocycles. The Balaban J connectivity index is 2.21. The van der Waals surface area contributed by atoms with E-state index in [1.165, 1.54) is 18.1 Å². The number of aryl methyl sites for hydroxylation is 1. The van der Waals surface area contributed by atoms with Gasteiger partial charge in [0.2, 0.25) is 5.88 Å². The van der Waals surface area contributed by atoms with Crippen molar-refractivity contribution in [3.63, 3.8) is 0 Å². The maximum absolute atomic E-state index is 12.4. The molecule has 0 bridgehead atoms. The summed E-state index contributed by atoms with van der Waals surface area (Å²) >= 11 is 11.8. The van der Waals surface area contributed by atoms with Crippen LogP contribution in [0.1, 0.15) is 15.9 Å². The van der Waals surface area contributed by atoms with Crippen LogP contribution in [0.4, 0.5) is 4.39 Å². The van der Waals surface area contributed by atoms with E-state index in [1.807, 2.05) is 0 Å². The Kier molecular flexibility index (Phi) is 5.38. The highest BCUT2D eigenvalue weighted by molar-refractivity contribution is 6.34. The number of nitrogens with zero attached hydrogens (tertiary/aromatic N) is 2. The number of alkyl halides is 1. The molecule has 2 aromatic rings. The van der Waals surface area contributed by atoms with Crippen LogP contribution in [-0.2, 0) is 13.1 Å². The normalized spacial score (nSPS) is 10.8. The first kappa shape index (κ1) is 17.4. The highest BCUT2D eigenvalue weighted by Gasteiger charge is 2.23. The van der Waals surface area contributed by atoms with E-state index in [2.05, 4.69) is 0 Å². The number of hydrogen-bond acceptors (Lipinski definition) is 3. The van der Waals surface area contributed by atoms with Crippen molar-refractivity contribution >= 4 is 29.1 Å². The van der Waals surface area contributed by atoms with Gasteiger partial charge in [-0.25, -0.2) is 4.39 Å². The minimum Gasteiger partial charge on any atom is -0.503 e. The third kappa shape index (κ3) is 3.89. The summed E-state index contributed by atoms with van der Waals surface area (Å²) in [6.45, 7) is -0.680. The summed E-state index contributed by atoms with van der Waals surface area (Å²) in [5.41, 5.74) is 0.608. The lowest BCUT2D eigenvalue weighted by Gasteiger charge is -2.17. The van der Waals surface area contributed by atoms with Gasteiger partial charge in [0.05, 0.1) is 6.54 Å². The molecule has 0 fully saturated rings. The van der Waals surface area contributed by atoms with Gasteiger partial charge < -0.3 is 19.7 Å². The molecule has 5 nitrogen and oxygen atoms in total. The number of aromatic nitrogens is 1. The van der Waals surface area contributed by atoms with Crippen molar-refractivity contribution < 1.29 is 19.4 Å². The molecule has 0 aliphatic carbocycles. The SMILES string of the molecule is CN(Cc1cc(Cl)cc(Cl)c1)C(=O)c1cn(CCF)c(O)c1O. The van der Waals surface area contributed by atoms with E-state index in [0.717, 1.165) is 4.57 Å². The zero-order valence-electron chi connectivity index (χ0n) is 12.3. The number of benzene rings is 1. The fraction of sp³-hybridized carbons (Fsp3) is 0.267. The molecular formula is C15H15Cl2FN2O3.